The molecule has 1 aliphatic carbocycles. The van der Waals surface area contributed by atoms with E-state index >= 15 is 0 Å². The number of aryl methyl sites for hydroxylation is 1. The molecule has 23 heavy (non-hydrogen) atoms. The first-order chi connectivity index (χ1) is 11.1. The van der Waals surface area contributed by atoms with Gasteiger partial charge >= 0.3 is 6.03 Å². The SMILES string of the molecule is Cc1ccccc1-n1nccc1NC(=O)NC1(CO)CCCC1. The number of carbonyl (C=O) groups is 1. The lowest BCUT2D eigenvalue weighted by atomic mass is 9.99. The average Bonchev–Trinajstić information content (AvgIpc) is 3.18. The van der Waals surface area contributed by atoms with Gasteiger partial charge in [-0.3, -0.25) is 5.32 Å². The molecule has 0 bridgehead atoms. The molecule has 0 unspecified atom stereocenters. The zero-order valence-corrected chi connectivity index (χ0v) is 13.2. The molecule has 2 aromatic rings. The van der Waals surface area contributed by atoms with Crippen molar-refractivity contribution >= 4 is 11.8 Å². The predicted octanol–water partition coefficient (Wildman–Crippen LogP) is 2.61. The largest absolute Gasteiger partial charge is 0.394 e. The lowest BCUT2D eigenvalue weighted by Crippen LogP contribution is -2.50. The Bertz CT molecular complexity index is 689. The van der Waals surface area contributed by atoms with Crippen LogP contribution in [0.4, 0.5) is 10.6 Å². The molecule has 0 atom stereocenters. The Labute approximate surface area is 135 Å². The van der Waals surface area contributed by atoms with Crippen molar-refractivity contribution in [2.24, 2.45) is 0 Å². The summed E-state index contributed by atoms with van der Waals surface area (Å²) in [6.45, 7) is 1.97. The number of benzene rings is 1. The summed E-state index contributed by atoms with van der Waals surface area (Å²) in [5.74, 6) is 0.600. The summed E-state index contributed by atoms with van der Waals surface area (Å²) < 4.78 is 1.70. The maximum absolute atomic E-state index is 12.3. The van der Waals surface area contributed by atoms with E-state index in [2.05, 4.69) is 15.7 Å². The van der Waals surface area contributed by atoms with Gasteiger partial charge in [0.25, 0.3) is 0 Å². The average molecular weight is 314 g/mol. The minimum absolute atomic E-state index is 0.0303. The first-order valence-electron chi connectivity index (χ1n) is 7.94. The number of nitrogens with zero attached hydrogens (tertiary/aromatic N) is 2. The third kappa shape index (κ3) is 3.22. The van der Waals surface area contributed by atoms with Crippen LogP contribution in [0.5, 0.6) is 0 Å². The van der Waals surface area contributed by atoms with Crippen LogP contribution < -0.4 is 10.6 Å². The number of hydrogen-bond donors (Lipinski definition) is 3. The molecule has 1 aromatic carbocycles. The number of aromatic nitrogens is 2. The predicted molar refractivity (Wildman–Crippen MR) is 88.7 cm³/mol. The monoisotopic (exact) mass is 314 g/mol. The summed E-state index contributed by atoms with van der Waals surface area (Å²) in [5, 5.41) is 19.7. The van der Waals surface area contributed by atoms with Crippen molar-refractivity contribution in [2.75, 3.05) is 11.9 Å². The van der Waals surface area contributed by atoms with E-state index in [4.69, 9.17) is 0 Å². The first-order valence-corrected chi connectivity index (χ1v) is 7.94. The minimum atomic E-state index is -0.488. The molecule has 3 N–H and O–H groups in total. The van der Waals surface area contributed by atoms with Crippen LogP contribution in [0.2, 0.25) is 0 Å². The first kappa shape index (κ1) is 15.6. The molecular formula is C17H22N4O2. The maximum Gasteiger partial charge on any atom is 0.320 e. The van der Waals surface area contributed by atoms with E-state index < -0.39 is 5.54 Å². The number of para-hydroxylation sites is 1. The second-order valence-electron chi connectivity index (χ2n) is 6.14. The smallest absolute Gasteiger partial charge is 0.320 e. The van der Waals surface area contributed by atoms with Gasteiger partial charge in [-0.25, -0.2) is 9.48 Å². The number of urea groups is 1. The highest BCUT2D eigenvalue weighted by atomic mass is 16.3. The maximum atomic E-state index is 12.3. The van der Waals surface area contributed by atoms with Crippen LogP contribution in [0, 0.1) is 6.92 Å². The summed E-state index contributed by atoms with van der Waals surface area (Å²) in [6, 6.07) is 9.31. The van der Waals surface area contributed by atoms with Gasteiger partial charge in [-0.1, -0.05) is 31.0 Å². The second kappa shape index (κ2) is 6.42. The lowest BCUT2D eigenvalue weighted by Gasteiger charge is -2.28. The van der Waals surface area contributed by atoms with Crippen LogP contribution in [-0.4, -0.2) is 33.1 Å². The van der Waals surface area contributed by atoms with Gasteiger partial charge < -0.3 is 10.4 Å². The fourth-order valence-electron chi connectivity index (χ4n) is 3.15. The van der Waals surface area contributed by atoms with Gasteiger partial charge in [0, 0.05) is 6.07 Å². The number of rotatable bonds is 4. The van der Waals surface area contributed by atoms with Crippen molar-refractivity contribution in [1.29, 1.82) is 0 Å². The molecule has 0 radical (unpaired) electrons. The third-order valence-electron chi connectivity index (χ3n) is 4.47. The molecule has 1 heterocycles. The summed E-state index contributed by atoms with van der Waals surface area (Å²) >= 11 is 0. The van der Waals surface area contributed by atoms with Crippen LogP contribution in [-0.2, 0) is 0 Å². The molecule has 1 aromatic heterocycles. The van der Waals surface area contributed by atoms with Crippen LogP contribution in [0.1, 0.15) is 31.2 Å². The molecule has 6 nitrogen and oxygen atoms in total. The van der Waals surface area contributed by atoms with E-state index in [1.54, 1.807) is 16.9 Å². The normalized spacial score (nSPS) is 16.3. The Morgan fingerprint density at radius 1 is 1.30 bits per heavy atom. The van der Waals surface area contributed by atoms with Crippen molar-refractivity contribution in [1.82, 2.24) is 15.1 Å². The van der Waals surface area contributed by atoms with Gasteiger partial charge in [-0.05, 0) is 31.4 Å². The summed E-state index contributed by atoms with van der Waals surface area (Å²) in [6.07, 6.45) is 5.34. The Morgan fingerprint density at radius 2 is 2.04 bits per heavy atom. The van der Waals surface area contributed by atoms with Crippen LogP contribution in [0.15, 0.2) is 36.5 Å². The van der Waals surface area contributed by atoms with Crippen molar-refractivity contribution in [3.8, 4) is 5.69 Å². The fraction of sp³-hybridized carbons (Fsp3) is 0.412. The number of anilines is 1. The zero-order chi connectivity index (χ0) is 16.3. The van der Waals surface area contributed by atoms with E-state index in [9.17, 15) is 9.90 Å². The highest BCUT2D eigenvalue weighted by Crippen LogP contribution is 2.29. The number of nitrogens with one attached hydrogen (secondary N) is 2. The highest BCUT2D eigenvalue weighted by Gasteiger charge is 2.34. The number of carbonyl (C=O) groups excluding carboxylic acids is 1. The number of amides is 2. The van der Waals surface area contributed by atoms with Crippen molar-refractivity contribution < 1.29 is 9.90 Å². The molecule has 6 heteroatoms. The van der Waals surface area contributed by atoms with Crippen molar-refractivity contribution in [3.63, 3.8) is 0 Å². The minimum Gasteiger partial charge on any atom is -0.394 e. The summed E-state index contributed by atoms with van der Waals surface area (Å²) in [4.78, 5) is 12.3. The molecule has 122 valence electrons. The van der Waals surface area contributed by atoms with E-state index in [1.807, 2.05) is 31.2 Å². The zero-order valence-electron chi connectivity index (χ0n) is 13.2. The Morgan fingerprint density at radius 3 is 2.74 bits per heavy atom. The van der Waals surface area contributed by atoms with E-state index in [1.165, 1.54) is 0 Å². The van der Waals surface area contributed by atoms with Crippen LogP contribution in [0.25, 0.3) is 5.69 Å². The number of aliphatic hydroxyl groups is 1. The van der Waals surface area contributed by atoms with Gasteiger partial charge in [0.1, 0.15) is 5.82 Å². The summed E-state index contributed by atoms with van der Waals surface area (Å²) in [5.41, 5.74) is 1.50. The molecular weight excluding hydrogens is 292 g/mol. The molecule has 1 aliphatic rings. The molecule has 2 amide bonds. The van der Waals surface area contributed by atoms with Crippen LogP contribution >= 0.6 is 0 Å². The fourth-order valence-corrected chi connectivity index (χ4v) is 3.15. The van der Waals surface area contributed by atoms with Crippen molar-refractivity contribution in [2.45, 2.75) is 38.1 Å². The van der Waals surface area contributed by atoms with E-state index in [0.717, 1.165) is 36.9 Å². The van der Waals surface area contributed by atoms with Gasteiger partial charge in [0.05, 0.1) is 24.0 Å². The standard InChI is InChI=1S/C17H22N4O2/c1-13-6-2-3-7-14(13)21-15(8-11-18-21)19-16(23)20-17(12-22)9-4-5-10-17/h2-3,6-8,11,22H,4-5,9-10,12H2,1H3,(H2,19,20,23). The van der Waals surface area contributed by atoms with Crippen molar-refractivity contribution in [3.05, 3.63) is 42.1 Å². The molecule has 1 fully saturated rings. The van der Waals surface area contributed by atoms with Crippen LogP contribution in [0.3, 0.4) is 0 Å². The molecule has 0 aliphatic heterocycles. The molecule has 0 saturated heterocycles. The Balaban J connectivity index is 1.75. The van der Waals surface area contributed by atoms with Gasteiger partial charge in [-0.2, -0.15) is 5.10 Å². The lowest BCUT2D eigenvalue weighted by molar-refractivity contribution is 0.167. The summed E-state index contributed by atoms with van der Waals surface area (Å²) in [7, 11) is 0. The van der Waals surface area contributed by atoms with Gasteiger partial charge in [0.15, 0.2) is 0 Å². The Kier molecular flexibility index (Phi) is 4.34. The van der Waals surface area contributed by atoms with E-state index in [0.29, 0.717) is 5.82 Å². The van der Waals surface area contributed by atoms with Gasteiger partial charge in [0.2, 0.25) is 0 Å². The molecule has 1 saturated carbocycles. The van der Waals surface area contributed by atoms with Gasteiger partial charge in [-0.15, -0.1) is 0 Å². The quantitative estimate of drug-likeness (QED) is 0.811. The highest BCUT2D eigenvalue weighted by molar-refractivity contribution is 5.89. The molecule has 0 spiro atoms. The molecule has 3 rings (SSSR count). The second-order valence-corrected chi connectivity index (χ2v) is 6.14. The number of aliphatic hydroxyl groups excluding tert-OH is 1. The van der Waals surface area contributed by atoms with E-state index in [-0.39, 0.29) is 12.6 Å². The number of hydrogen-bond acceptors (Lipinski definition) is 3. The topological polar surface area (TPSA) is 79.2 Å². The third-order valence-corrected chi connectivity index (χ3v) is 4.47. The Hall–Kier alpha value is -2.34.